The minimum atomic E-state index is -0.332. The number of ether oxygens (including phenoxy) is 1. The number of aryl methyl sites for hydroxylation is 3. The van der Waals surface area contributed by atoms with E-state index >= 15 is 0 Å². The van der Waals surface area contributed by atoms with Crippen molar-refractivity contribution in [3.05, 3.63) is 80.0 Å². The summed E-state index contributed by atoms with van der Waals surface area (Å²) in [7, 11) is 3.36. The smallest absolute Gasteiger partial charge is 0.364 e. The molecule has 0 fully saturated rings. The topological polar surface area (TPSA) is 76.1 Å². The molecule has 0 radical (unpaired) electrons. The molecule has 2 aromatic heterocycles. The lowest BCUT2D eigenvalue weighted by Gasteiger charge is -2.26. The Bertz CT molecular complexity index is 1510. The molecule has 0 aliphatic carbocycles. The predicted octanol–water partition coefficient (Wildman–Crippen LogP) is 2.78. The molecule has 0 saturated carbocycles. The molecular weight excluding hydrogens is 430 g/mol. The molecule has 2 aromatic carbocycles. The largest absolute Gasteiger partial charge is 0.497 e. The first-order valence-electron chi connectivity index (χ1n) is 11.5. The van der Waals surface area contributed by atoms with E-state index < -0.39 is 0 Å². The first-order valence-corrected chi connectivity index (χ1v) is 11.5. The minimum Gasteiger partial charge on any atom is -0.497 e. The lowest BCUT2D eigenvalue weighted by molar-refractivity contribution is -0.669. The fourth-order valence-electron chi connectivity index (χ4n) is 4.85. The maximum Gasteiger partial charge on any atom is 0.364 e. The number of aromatic amines is 1. The molecule has 3 heterocycles. The predicted molar refractivity (Wildman–Crippen MR) is 132 cm³/mol. The fourth-order valence-corrected chi connectivity index (χ4v) is 4.85. The van der Waals surface area contributed by atoms with E-state index in [2.05, 4.69) is 16.8 Å². The Balaban J connectivity index is 1.70. The van der Waals surface area contributed by atoms with Gasteiger partial charge in [0, 0.05) is 13.0 Å². The van der Waals surface area contributed by atoms with E-state index in [-0.39, 0.29) is 17.8 Å². The van der Waals surface area contributed by atoms with Crippen molar-refractivity contribution in [3.8, 4) is 5.75 Å². The maximum absolute atomic E-state index is 13.7. The average molecular weight is 461 g/mol. The molecule has 1 N–H and O–H groups in total. The van der Waals surface area contributed by atoms with Gasteiger partial charge in [0.15, 0.2) is 0 Å². The fraction of sp³-hybridized carbons (Fsp3) is 0.346. The van der Waals surface area contributed by atoms with Gasteiger partial charge in [0.1, 0.15) is 11.4 Å². The van der Waals surface area contributed by atoms with E-state index in [4.69, 9.17) is 4.74 Å². The third-order valence-corrected chi connectivity index (χ3v) is 6.74. The summed E-state index contributed by atoms with van der Waals surface area (Å²) >= 11 is 0. The highest BCUT2D eigenvalue weighted by molar-refractivity contribution is 5.70. The van der Waals surface area contributed by atoms with Crippen LogP contribution >= 0.6 is 0 Å². The standard InChI is InChI=1S/C26H29N5O3/c1-16-6-7-18(3)19(12-16)15-31-24(32)22-23(28(4)26(31)33)27-25-29(13-17(2)14-30(22)25)20-8-10-21(34-5)11-9-20/h6-12,17H,13-15H2,1-5H3/p+1/t17-/m1/s1. The Kier molecular flexibility index (Phi) is 5.31. The van der Waals surface area contributed by atoms with Gasteiger partial charge in [-0.15, -0.1) is 0 Å². The zero-order valence-corrected chi connectivity index (χ0v) is 20.3. The molecular formula is C26H30N5O3+. The number of aromatic nitrogens is 4. The van der Waals surface area contributed by atoms with E-state index in [0.717, 1.165) is 40.6 Å². The molecule has 8 heteroatoms. The number of hydrogen-bond donors (Lipinski definition) is 1. The molecule has 1 aliphatic rings. The second kappa shape index (κ2) is 8.20. The van der Waals surface area contributed by atoms with Crippen molar-refractivity contribution in [1.29, 1.82) is 0 Å². The average Bonchev–Trinajstić information content (AvgIpc) is 3.21. The Hall–Kier alpha value is -3.81. The number of H-pyrrole nitrogens is 1. The summed E-state index contributed by atoms with van der Waals surface area (Å²) in [5, 5.41) is 0. The SMILES string of the molecule is COc1ccc(N2C[C@@H](C)C[n+]3c2[nH]c2c3c(=O)n(Cc3cc(C)ccc3C)c(=O)n2C)cc1. The van der Waals surface area contributed by atoms with Gasteiger partial charge in [-0.3, -0.25) is 13.9 Å². The molecule has 0 amide bonds. The Morgan fingerprint density at radius 3 is 2.56 bits per heavy atom. The quantitative estimate of drug-likeness (QED) is 0.475. The van der Waals surface area contributed by atoms with Crippen molar-refractivity contribution >= 4 is 22.8 Å². The molecule has 1 atom stereocenters. The molecule has 0 unspecified atom stereocenters. The zero-order chi connectivity index (χ0) is 24.1. The Morgan fingerprint density at radius 1 is 1.12 bits per heavy atom. The summed E-state index contributed by atoms with van der Waals surface area (Å²) in [6.45, 7) is 7.92. The zero-order valence-electron chi connectivity index (χ0n) is 20.3. The molecule has 1 aliphatic heterocycles. The number of nitrogens with one attached hydrogen (secondary N) is 1. The van der Waals surface area contributed by atoms with Crippen LogP contribution in [-0.4, -0.2) is 27.8 Å². The molecule has 0 spiro atoms. The van der Waals surface area contributed by atoms with Crippen LogP contribution in [0.3, 0.4) is 0 Å². The third kappa shape index (κ3) is 3.50. The lowest BCUT2D eigenvalue weighted by atomic mass is 10.1. The van der Waals surface area contributed by atoms with Gasteiger partial charge in [-0.05, 0) is 49.2 Å². The molecule has 0 saturated heterocycles. The van der Waals surface area contributed by atoms with Gasteiger partial charge in [0.05, 0.1) is 26.7 Å². The number of methoxy groups -OCH3 is 1. The summed E-state index contributed by atoms with van der Waals surface area (Å²) in [5.74, 6) is 1.90. The Labute approximate surface area is 197 Å². The maximum atomic E-state index is 13.7. The molecule has 34 heavy (non-hydrogen) atoms. The molecule has 4 aromatic rings. The normalized spacial score (nSPS) is 15.6. The van der Waals surface area contributed by atoms with Gasteiger partial charge in [-0.1, -0.05) is 30.7 Å². The van der Waals surface area contributed by atoms with Gasteiger partial charge in [0.2, 0.25) is 11.2 Å². The van der Waals surface area contributed by atoms with Gasteiger partial charge in [-0.25, -0.2) is 19.2 Å². The van der Waals surface area contributed by atoms with Gasteiger partial charge >= 0.3 is 11.6 Å². The van der Waals surface area contributed by atoms with Gasteiger partial charge in [0.25, 0.3) is 5.56 Å². The second-order valence-electron chi connectivity index (χ2n) is 9.33. The highest BCUT2D eigenvalue weighted by Crippen LogP contribution is 2.29. The number of benzene rings is 2. The van der Waals surface area contributed by atoms with Crippen LogP contribution in [0.2, 0.25) is 0 Å². The van der Waals surface area contributed by atoms with Crippen LogP contribution in [0.5, 0.6) is 5.75 Å². The van der Waals surface area contributed by atoms with Crippen LogP contribution in [0, 0.1) is 19.8 Å². The highest BCUT2D eigenvalue weighted by Gasteiger charge is 2.36. The molecule has 176 valence electrons. The van der Waals surface area contributed by atoms with Gasteiger partial charge in [-0.2, -0.15) is 0 Å². The summed E-state index contributed by atoms with van der Waals surface area (Å²) < 4.78 is 10.2. The number of hydrogen-bond acceptors (Lipinski definition) is 4. The van der Waals surface area contributed by atoms with Crippen LogP contribution in [0.15, 0.2) is 52.1 Å². The van der Waals surface area contributed by atoms with Crippen LogP contribution < -0.4 is 25.5 Å². The molecule has 5 rings (SSSR count). The van der Waals surface area contributed by atoms with Crippen molar-refractivity contribution in [1.82, 2.24) is 14.1 Å². The lowest BCUT2D eigenvalue weighted by Crippen LogP contribution is -2.52. The number of fused-ring (bicyclic) bond motifs is 3. The highest BCUT2D eigenvalue weighted by atomic mass is 16.5. The van der Waals surface area contributed by atoms with Crippen LogP contribution in [0.1, 0.15) is 23.6 Å². The number of imidazole rings is 1. The Morgan fingerprint density at radius 2 is 1.85 bits per heavy atom. The van der Waals surface area contributed by atoms with E-state index in [1.54, 1.807) is 18.7 Å². The van der Waals surface area contributed by atoms with Crippen LogP contribution in [-0.2, 0) is 20.1 Å². The number of anilines is 2. The minimum absolute atomic E-state index is 0.243. The van der Waals surface area contributed by atoms with Gasteiger partial charge < -0.3 is 4.74 Å². The van der Waals surface area contributed by atoms with Crippen molar-refractivity contribution < 1.29 is 9.30 Å². The first kappa shape index (κ1) is 22.0. The summed E-state index contributed by atoms with van der Waals surface area (Å²) in [4.78, 5) is 32.6. The number of nitrogens with zero attached hydrogens (tertiary/aromatic N) is 4. The van der Waals surface area contributed by atoms with E-state index in [9.17, 15) is 9.59 Å². The van der Waals surface area contributed by atoms with E-state index in [0.29, 0.717) is 23.6 Å². The van der Waals surface area contributed by atoms with Crippen LogP contribution in [0.25, 0.3) is 11.2 Å². The monoisotopic (exact) mass is 460 g/mol. The van der Waals surface area contributed by atoms with Crippen molar-refractivity contribution in [2.75, 3.05) is 18.6 Å². The summed E-state index contributed by atoms with van der Waals surface area (Å²) in [6, 6.07) is 14.0. The van der Waals surface area contributed by atoms with E-state index in [1.807, 2.05) is 60.9 Å². The van der Waals surface area contributed by atoms with E-state index in [1.165, 1.54) is 4.57 Å². The van der Waals surface area contributed by atoms with Crippen LogP contribution in [0.4, 0.5) is 11.6 Å². The first-order chi connectivity index (χ1) is 16.3. The summed E-state index contributed by atoms with van der Waals surface area (Å²) in [5.41, 5.74) is 4.58. The van der Waals surface area contributed by atoms with Crippen molar-refractivity contribution in [2.45, 2.75) is 33.9 Å². The summed E-state index contributed by atoms with van der Waals surface area (Å²) in [6.07, 6.45) is 0. The van der Waals surface area contributed by atoms with Crippen molar-refractivity contribution in [3.63, 3.8) is 0 Å². The van der Waals surface area contributed by atoms with Crippen molar-refractivity contribution in [2.24, 2.45) is 13.0 Å². The second-order valence-corrected chi connectivity index (χ2v) is 9.33. The molecule has 0 bridgehead atoms. The third-order valence-electron chi connectivity index (χ3n) is 6.74. The number of rotatable bonds is 4. The molecule has 8 nitrogen and oxygen atoms in total.